The van der Waals surface area contributed by atoms with Gasteiger partial charge in [-0.25, -0.2) is 4.98 Å². The van der Waals surface area contributed by atoms with Crippen molar-refractivity contribution in [1.82, 2.24) is 14.9 Å². The van der Waals surface area contributed by atoms with E-state index in [1.165, 1.54) is 0 Å². The van der Waals surface area contributed by atoms with Crippen LogP contribution in [0.4, 0.5) is 5.69 Å². The van der Waals surface area contributed by atoms with Crippen molar-refractivity contribution in [3.05, 3.63) is 47.0 Å². The van der Waals surface area contributed by atoms with E-state index < -0.39 is 0 Å². The number of benzene rings is 1. The quantitative estimate of drug-likeness (QED) is 0.910. The minimum Gasteiger partial charge on any atom is -0.367 e. The zero-order chi connectivity index (χ0) is 16.5. The smallest absolute Gasteiger partial charge is 0.226 e. The van der Waals surface area contributed by atoms with Gasteiger partial charge in [0.1, 0.15) is 0 Å². The Morgan fingerprint density at radius 1 is 1.21 bits per heavy atom. The molecule has 2 heterocycles. The van der Waals surface area contributed by atoms with E-state index in [1.807, 2.05) is 29.2 Å². The number of anilines is 1. The van der Waals surface area contributed by atoms with Crippen molar-refractivity contribution in [3.63, 3.8) is 0 Å². The third-order valence-corrected chi connectivity index (χ3v) is 5.44. The summed E-state index contributed by atoms with van der Waals surface area (Å²) < 4.78 is 0. The molecule has 1 fully saturated rings. The molecule has 6 heteroatoms. The second kappa shape index (κ2) is 6.48. The van der Waals surface area contributed by atoms with Gasteiger partial charge in [0.25, 0.3) is 0 Å². The maximum atomic E-state index is 12.8. The molecule has 0 spiro atoms. The Balaban J connectivity index is 1.38. The van der Waals surface area contributed by atoms with Gasteiger partial charge < -0.3 is 14.8 Å². The number of aromatic amines is 1. The van der Waals surface area contributed by atoms with E-state index in [-0.39, 0.29) is 11.8 Å². The lowest BCUT2D eigenvalue weighted by Gasteiger charge is -2.38. The average Bonchev–Trinajstić information content (AvgIpc) is 3.09. The van der Waals surface area contributed by atoms with Gasteiger partial charge in [0.2, 0.25) is 5.91 Å². The molecule has 1 saturated heterocycles. The van der Waals surface area contributed by atoms with Crippen LogP contribution in [0.25, 0.3) is 0 Å². The molecule has 2 aromatic rings. The fourth-order valence-corrected chi connectivity index (χ4v) is 4.00. The first kappa shape index (κ1) is 15.5. The van der Waals surface area contributed by atoms with Crippen LogP contribution in [0.5, 0.6) is 0 Å². The minimum atomic E-state index is 0.0878. The van der Waals surface area contributed by atoms with Gasteiger partial charge in [0.15, 0.2) is 0 Å². The number of carbonyl (C=O) groups excluding carboxylic acids is 1. The topological polar surface area (TPSA) is 52.2 Å². The molecule has 5 nitrogen and oxygen atoms in total. The molecule has 2 aliphatic rings. The molecule has 4 rings (SSSR count). The number of rotatable bonds is 2. The Bertz CT molecular complexity index is 736. The zero-order valence-electron chi connectivity index (χ0n) is 13.5. The number of aryl methyl sites for hydroxylation is 1. The molecule has 24 heavy (non-hydrogen) atoms. The molecule has 1 aromatic carbocycles. The molecule has 1 N–H and O–H groups in total. The maximum absolute atomic E-state index is 12.8. The van der Waals surface area contributed by atoms with Crippen LogP contribution >= 0.6 is 11.6 Å². The van der Waals surface area contributed by atoms with Crippen LogP contribution in [-0.2, 0) is 17.6 Å². The molecule has 0 radical (unpaired) electrons. The summed E-state index contributed by atoms with van der Waals surface area (Å²) >= 11 is 6.28. The largest absolute Gasteiger partial charge is 0.367 e. The second-order valence-corrected chi connectivity index (χ2v) is 6.94. The number of fused-ring (bicyclic) bond motifs is 1. The molecule has 1 aliphatic heterocycles. The lowest BCUT2D eigenvalue weighted by Crippen LogP contribution is -2.51. The molecule has 1 atom stereocenters. The van der Waals surface area contributed by atoms with Crippen LogP contribution in [0, 0.1) is 5.92 Å². The van der Waals surface area contributed by atoms with Crippen molar-refractivity contribution in [1.29, 1.82) is 0 Å². The molecule has 1 amide bonds. The number of H-pyrrole nitrogens is 1. The molecule has 1 unspecified atom stereocenters. The number of hydrogen-bond donors (Lipinski definition) is 1. The first-order chi connectivity index (χ1) is 11.7. The summed E-state index contributed by atoms with van der Waals surface area (Å²) in [6, 6.07) is 7.90. The molecule has 1 aliphatic carbocycles. The Morgan fingerprint density at radius 3 is 2.79 bits per heavy atom. The summed E-state index contributed by atoms with van der Waals surface area (Å²) in [4.78, 5) is 24.6. The van der Waals surface area contributed by atoms with E-state index in [2.05, 4.69) is 14.9 Å². The summed E-state index contributed by atoms with van der Waals surface area (Å²) in [5.41, 5.74) is 3.32. The summed E-state index contributed by atoms with van der Waals surface area (Å²) in [6.07, 6.45) is 4.33. The van der Waals surface area contributed by atoms with Crippen LogP contribution in [0.2, 0.25) is 5.02 Å². The van der Waals surface area contributed by atoms with Crippen LogP contribution in [0.3, 0.4) is 0 Å². The minimum absolute atomic E-state index is 0.0878. The number of aromatic nitrogens is 2. The fraction of sp³-hybridized carbons (Fsp3) is 0.444. The van der Waals surface area contributed by atoms with Crippen LogP contribution in [0.1, 0.15) is 17.8 Å². The average molecular weight is 345 g/mol. The van der Waals surface area contributed by atoms with Crippen LogP contribution in [0.15, 0.2) is 30.6 Å². The van der Waals surface area contributed by atoms with E-state index in [4.69, 9.17) is 11.6 Å². The SMILES string of the molecule is O=C(C1CCc2nc[nH]c2C1)N1CCN(c2ccccc2Cl)CC1. The highest BCUT2D eigenvalue weighted by atomic mass is 35.5. The Morgan fingerprint density at radius 2 is 2.00 bits per heavy atom. The summed E-state index contributed by atoms with van der Waals surface area (Å²) in [6.45, 7) is 3.18. The Kier molecular flexibility index (Phi) is 4.19. The maximum Gasteiger partial charge on any atom is 0.226 e. The highest BCUT2D eigenvalue weighted by Crippen LogP contribution is 2.28. The Labute approximate surface area is 146 Å². The number of hydrogen-bond acceptors (Lipinski definition) is 3. The van der Waals surface area contributed by atoms with Gasteiger partial charge in [0, 0.05) is 44.2 Å². The first-order valence-corrected chi connectivity index (χ1v) is 8.89. The number of piperazine rings is 1. The zero-order valence-corrected chi connectivity index (χ0v) is 14.3. The summed E-state index contributed by atoms with van der Waals surface area (Å²) in [5, 5.41) is 0.774. The summed E-state index contributed by atoms with van der Waals surface area (Å²) in [5.74, 6) is 0.374. The number of halogens is 1. The van der Waals surface area contributed by atoms with E-state index in [9.17, 15) is 4.79 Å². The van der Waals surface area contributed by atoms with Crippen molar-refractivity contribution in [2.75, 3.05) is 31.1 Å². The van der Waals surface area contributed by atoms with Crippen molar-refractivity contribution >= 4 is 23.2 Å². The number of carbonyl (C=O) groups is 1. The van der Waals surface area contributed by atoms with E-state index in [0.29, 0.717) is 0 Å². The third-order valence-electron chi connectivity index (χ3n) is 5.12. The standard InChI is InChI=1S/C18H21ClN4O/c19-14-3-1-2-4-17(14)22-7-9-23(10-8-22)18(24)13-5-6-15-16(11-13)21-12-20-15/h1-4,12-13H,5-11H2,(H,20,21). The molecule has 126 valence electrons. The fourth-order valence-electron chi connectivity index (χ4n) is 3.75. The predicted octanol–water partition coefficient (Wildman–Crippen LogP) is 2.52. The molecule has 1 aromatic heterocycles. The van der Waals surface area contributed by atoms with Crippen LogP contribution < -0.4 is 4.90 Å². The monoisotopic (exact) mass is 344 g/mol. The van der Waals surface area contributed by atoms with Gasteiger partial charge in [0.05, 0.1) is 22.7 Å². The van der Waals surface area contributed by atoms with Gasteiger partial charge in [-0.15, -0.1) is 0 Å². The molecular weight excluding hydrogens is 324 g/mol. The van der Waals surface area contributed by atoms with Gasteiger partial charge in [-0.3, -0.25) is 4.79 Å². The van der Waals surface area contributed by atoms with Crippen molar-refractivity contribution in [2.45, 2.75) is 19.3 Å². The highest BCUT2D eigenvalue weighted by Gasteiger charge is 2.31. The van der Waals surface area contributed by atoms with E-state index >= 15 is 0 Å². The van der Waals surface area contributed by atoms with Crippen molar-refractivity contribution in [2.24, 2.45) is 5.92 Å². The Hall–Kier alpha value is -2.01. The number of nitrogens with zero attached hydrogens (tertiary/aromatic N) is 3. The van der Waals surface area contributed by atoms with E-state index in [1.54, 1.807) is 6.33 Å². The van der Waals surface area contributed by atoms with Crippen LogP contribution in [-0.4, -0.2) is 47.0 Å². The van der Waals surface area contributed by atoms with Crippen molar-refractivity contribution < 1.29 is 4.79 Å². The van der Waals surface area contributed by atoms with E-state index in [0.717, 1.165) is 67.5 Å². The number of amides is 1. The number of imidazole rings is 1. The van der Waals surface area contributed by atoms with Gasteiger partial charge >= 0.3 is 0 Å². The number of para-hydroxylation sites is 1. The van der Waals surface area contributed by atoms with Gasteiger partial charge in [-0.05, 0) is 25.0 Å². The van der Waals surface area contributed by atoms with Gasteiger partial charge in [-0.1, -0.05) is 23.7 Å². The normalized spacial score (nSPS) is 20.8. The lowest BCUT2D eigenvalue weighted by atomic mass is 9.88. The first-order valence-electron chi connectivity index (χ1n) is 8.52. The summed E-state index contributed by atoms with van der Waals surface area (Å²) in [7, 11) is 0. The van der Waals surface area contributed by atoms with Crippen molar-refractivity contribution in [3.8, 4) is 0 Å². The number of nitrogens with one attached hydrogen (secondary N) is 1. The molecular formula is C18H21ClN4O. The predicted molar refractivity (Wildman–Crippen MR) is 94.3 cm³/mol. The lowest BCUT2D eigenvalue weighted by molar-refractivity contribution is -0.136. The molecule has 0 saturated carbocycles. The van der Waals surface area contributed by atoms with Gasteiger partial charge in [-0.2, -0.15) is 0 Å². The third kappa shape index (κ3) is 2.88. The highest BCUT2D eigenvalue weighted by molar-refractivity contribution is 6.33. The second-order valence-electron chi connectivity index (χ2n) is 6.53. The molecule has 0 bridgehead atoms.